The Hall–Kier alpha value is -2.13. The molecule has 1 aliphatic rings. The number of aromatic carboxylic acids is 1. The number of benzene rings is 2. The van der Waals surface area contributed by atoms with Gasteiger partial charge in [0.2, 0.25) is 0 Å². The van der Waals surface area contributed by atoms with E-state index in [2.05, 4.69) is 43.4 Å². The highest BCUT2D eigenvalue weighted by molar-refractivity contribution is 5.87. The summed E-state index contributed by atoms with van der Waals surface area (Å²) in [6, 6.07) is 15.9. The van der Waals surface area contributed by atoms with Gasteiger partial charge in [-0.2, -0.15) is 0 Å². The van der Waals surface area contributed by atoms with Crippen LogP contribution in [0.15, 0.2) is 48.5 Å². The Morgan fingerprint density at radius 3 is 2.42 bits per heavy atom. The zero-order valence-corrected chi connectivity index (χ0v) is 14.3. The van der Waals surface area contributed by atoms with Gasteiger partial charge in [-0.1, -0.05) is 50.2 Å². The van der Waals surface area contributed by atoms with Gasteiger partial charge >= 0.3 is 5.97 Å². The Balaban J connectivity index is 1.60. The Kier molecular flexibility index (Phi) is 5.00. The molecule has 0 saturated carbocycles. The molecule has 2 aromatic rings. The third-order valence-electron chi connectivity index (χ3n) is 5.10. The summed E-state index contributed by atoms with van der Waals surface area (Å²) in [5.74, 6) is 1.01. The van der Waals surface area contributed by atoms with Crippen molar-refractivity contribution in [3.05, 3.63) is 70.8 Å². The molecule has 0 heterocycles. The molecule has 0 spiro atoms. The maximum absolute atomic E-state index is 10.9. The molecule has 2 atom stereocenters. The second kappa shape index (κ2) is 7.18. The van der Waals surface area contributed by atoms with Crippen LogP contribution in [0.2, 0.25) is 0 Å². The highest BCUT2D eigenvalue weighted by Gasteiger charge is 2.31. The summed E-state index contributed by atoms with van der Waals surface area (Å²) < 4.78 is 0. The van der Waals surface area contributed by atoms with Crippen molar-refractivity contribution >= 4 is 5.97 Å². The fraction of sp³-hybridized carbons (Fsp3) is 0.381. The monoisotopic (exact) mass is 323 g/mol. The smallest absolute Gasteiger partial charge is 0.335 e. The third kappa shape index (κ3) is 3.51. The van der Waals surface area contributed by atoms with Crippen LogP contribution in [-0.2, 0) is 6.54 Å². The molecule has 0 amide bonds. The number of rotatable bonds is 6. The van der Waals surface area contributed by atoms with Crippen molar-refractivity contribution in [1.82, 2.24) is 5.32 Å². The van der Waals surface area contributed by atoms with E-state index in [1.165, 1.54) is 17.5 Å². The van der Waals surface area contributed by atoms with Gasteiger partial charge in [0, 0.05) is 13.1 Å². The predicted octanol–water partition coefficient (Wildman–Crippen LogP) is 4.40. The second-order valence-electron chi connectivity index (χ2n) is 7.05. The molecule has 0 radical (unpaired) electrons. The molecule has 3 rings (SSSR count). The van der Waals surface area contributed by atoms with E-state index < -0.39 is 5.97 Å². The normalized spacial score (nSPS) is 19.5. The standard InChI is InChI=1S/C21H25NO2/c1-14(2)20-11-17(18-5-3-4-6-19(18)20)13-22-12-15-7-9-16(10-8-15)21(23)24/h3-10,14,17,20,22H,11-13H2,1-2H3,(H,23,24)/t17-,20-/m0/s1. The fourth-order valence-corrected chi connectivity index (χ4v) is 3.76. The van der Waals surface area contributed by atoms with Gasteiger partial charge in [0.1, 0.15) is 0 Å². The molecule has 0 bridgehead atoms. The van der Waals surface area contributed by atoms with Crippen LogP contribution in [0.1, 0.15) is 59.2 Å². The van der Waals surface area contributed by atoms with Gasteiger partial charge in [-0.3, -0.25) is 0 Å². The Labute approximate surface area is 143 Å². The number of nitrogens with one attached hydrogen (secondary N) is 1. The van der Waals surface area contributed by atoms with Crippen LogP contribution < -0.4 is 5.32 Å². The maximum atomic E-state index is 10.9. The highest BCUT2D eigenvalue weighted by atomic mass is 16.4. The van der Waals surface area contributed by atoms with Crippen LogP contribution in [0, 0.1) is 5.92 Å². The molecule has 3 heteroatoms. The van der Waals surface area contributed by atoms with Crippen molar-refractivity contribution in [1.29, 1.82) is 0 Å². The predicted molar refractivity (Wildman–Crippen MR) is 96.5 cm³/mol. The van der Waals surface area contributed by atoms with E-state index >= 15 is 0 Å². The number of hydrogen-bond acceptors (Lipinski definition) is 2. The lowest BCUT2D eigenvalue weighted by atomic mass is 9.90. The topological polar surface area (TPSA) is 49.3 Å². The summed E-state index contributed by atoms with van der Waals surface area (Å²) in [6.45, 7) is 6.34. The van der Waals surface area contributed by atoms with Gasteiger partial charge in [0.25, 0.3) is 0 Å². The molecule has 2 N–H and O–H groups in total. The van der Waals surface area contributed by atoms with Crippen molar-refractivity contribution in [2.45, 2.75) is 38.6 Å². The molecule has 0 saturated heterocycles. The number of carboxylic acid groups (broad SMARTS) is 1. The summed E-state index contributed by atoms with van der Waals surface area (Å²) in [5, 5.41) is 12.5. The Bertz CT molecular complexity index is 706. The fourth-order valence-electron chi connectivity index (χ4n) is 3.76. The van der Waals surface area contributed by atoms with E-state index in [0.29, 0.717) is 23.3 Å². The maximum Gasteiger partial charge on any atom is 0.335 e. The van der Waals surface area contributed by atoms with Gasteiger partial charge < -0.3 is 10.4 Å². The summed E-state index contributed by atoms with van der Waals surface area (Å²) >= 11 is 0. The minimum absolute atomic E-state index is 0.336. The van der Waals surface area contributed by atoms with E-state index in [1.54, 1.807) is 12.1 Å². The van der Waals surface area contributed by atoms with Crippen LogP contribution in [-0.4, -0.2) is 17.6 Å². The van der Waals surface area contributed by atoms with Crippen LogP contribution in [0.25, 0.3) is 0 Å². The van der Waals surface area contributed by atoms with E-state index in [9.17, 15) is 4.79 Å². The van der Waals surface area contributed by atoms with Crippen LogP contribution in [0.4, 0.5) is 0 Å². The molecule has 0 aromatic heterocycles. The van der Waals surface area contributed by atoms with Gasteiger partial charge in [-0.25, -0.2) is 4.79 Å². The molecule has 2 aromatic carbocycles. The number of fused-ring (bicyclic) bond motifs is 1. The van der Waals surface area contributed by atoms with Crippen molar-refractivity contribution in [3.8, 4) is 0 Å². The summed E-state index contributed by atoms with van der Waals surface area (Å²) in [7, 11) is 0. The second-order valence-corrected chi connectivity index (χ2v) is 7.05. The largest absolute Gasteiger partial charge is 0.478 e. The summed E-state index contributed by atoms with van der Waals surface area (Å²) in [6.07, 6.45) is 1.21. The van der Waals surface area contributed by atoms with Crippen LogP contribution in [0.5, 0.6) is 0 Å². The summed E-state index contributed by atoms with van der Waals surface area (Å²) in [4.78, 5) is 10.9. The molecule has 0 aliphatic heterocycles. The van der Waals surface area contributed by atoms with Crippen molar-refractivity contribution in [2.24, 2.45) is 5.92 Å². The van der Waals surface area contributed by atoms with Crippen molar-refractivity contribution < 1.29 is 9.90 Å². The first-order valence-electron chi connectivity index (χ1n) is 8.68. The van der Waals surface area contributed by atoms with Gasteiger partial charge in [-0.05, 0) is 53.0 Å². The van der Waals surface area contributed by atoms with E-state index in [4.69, 9.17) is 5.11 Å². The van der Waals surface area contributed by atoms with E-state index in [0.717, 1.165) is 18.7 Å². The minimum Gasteiger partial charge on any atom is -0.478 e. The van der Waals surface area contributed by atoms with Gasteiger partial charge in [0.05, 0.1) is 5.56 Å². The molecular weight excluding hydrogens is 298 g/mol. The third-order valence-corrected chi connectivity index (χ3v) is 5.10. The van der Waals surface area contributed by atoms with E-state index in [-0.39, 0.29) is 0 Å². The lowest BCUT2D eigenvalue weighted by molar-refractivity contribution is 0.0697. The van der Waals surface area contributed by atoms with Crippen LogP contribution in [0.3, 0.4) is 0 Å². The molecule has 126 valence electrons. The quantitative estimate of drug-likeness (QED) is 0.828. The first kappa shape index (κ1) is 16.7. The Morgan fingerprint density at radius 2 is 1.79 bits per heavy atom. The van der Waals surface area contributed by atoms with Gasteiger partial charge in [-0.15, -0.1) is 0 Å². The summed E-state index contributed by atoms with van der Waals surface area (Å²) in [5.41, 5.74) is 4.46. The molecule has 1 aliphatic carbocycles. The average molecular weight is 323 g/mol. The molecule has 0 unspecified atom stereocenters. The van der Waals surface area contributed by atoms with Gasteiger partial charge in [0.15, 0.2) is 0 Å². The highest BCUT2D eigenvalue weighted by Crippen LogP contribution is 2.44. The zero-order chi connectivity index (χ0) is 17.1. The number of hydrogen-bond donors (Lipinski definition) is 2. The number of carbonyl (C=O) groups is 1. The van der Waals surface area contributed by atoms with Crippen molar-refractivity contribution in [3.63, 3.8) is 0 Å². The number of carboxylic acids is 1. The van der Waals surface area contributed by atoms with E-state index in [1.807, 2.05) is 12.1 Å². The Morgan fingerprint density at radius 1 is 1.12 bits per heavy atom. The lowest BCUT2D eigenvalue weighted by Crippen LogP contribution is -2.20. The first-order chi connectivity index (χ1) is 11.6. The lowest BCUT2D eigenvalue weighted by Gasteiger charge is -2.16. The molecule has 0 fully saturated rings. The molecule has 3 nitrogen and oxygen atoms in total. The first-order valence-corrected chi connectivity index (χ1v) is 8.68. The average Bonchev–Trinajstić information content (AvgIpc) is 2.95. The van der Waals surface area contributed by atoms with Crippen LogP contribution >= 0.6 is 0 Å². The zero-order valence-electron chi connectivity index (χ0n) is 14.3. The SMILES string of the molecule is CC(C)[C@@H]1C[C@@H](CNCc2ccc(C(=O)O)cc2)c2ccccc21. The molecule has 24 heavy (non-hydrogen) atoms. The van der Waals surface area contributed by atoms with Crippen molar-refractivity contribution in [2.75, 3.05) is 6.54 Å². The minimum atomic E-state index is -0.878. The molecular formula is C21H25NO2.